The number of hydrogen-bond acceptors (Lipinski definition) is 2. The minimum Gasteiger partial charge on any atom is -0.347 e. The van der Waals surface area contributed by atoms with E-state index in [4.69, 9.17) is 0 Å². The highest BCUT2D eigenvalue weighted by Gasteiger charge is 2.25. The number of nitrogens with zero attached hydrogens (tertiary/aromatic N) is 1. The van der Waals surface area contributed by atoms with Crippen LogP contribution in [0.15, 0.2) is 18.2 Å². The Bertz CT molecular complexity index is 452. The molecular weight excluding hydrogens is 224 g/mol. The lowest BCUT2D eigenvalue weighted by Gasteiger charge is -2.28. The third-order valence-corrected chi connectivity index (χ3v) is 3.60. The fourth-order valence-electron chi connectivity index (χ4n) is 2.38. The van der Waals surface area contributed by atoms with Crippen molar-refractivity contribution >= 4 is 5.91 Å². The Hall–Kier alpha value is -1.35. The maximum atomic E-state index is 12.0. The summed E-state index contributed by atoms with van der Waals surface area (Å²) in [6.45, 7) is 5.19. The van der Waals surface area contributed by atoms with Crippen LogP contribution >= 0.6 is 0 Å². The molecule has 1 aliphatic heterocycles. The Balaban J connectivity index is 2.22. The standard InChI is InChI=1S/C15H22N2O/c1-10(2)11-5-6-12-9-16-14(8-13(12)7-11)15(18)17(3)4/h5-7,10,14,16H,8-9H2,1-4H3. The Morgan fingerprint density at radius 2 is 2.06 bits per heavy atom. The molecule has 0 aromatic heterocycles. The number of hydrogen-bond donors (Lipinski definition) is 1. The van der Waals surface area contributed by atoms with Crippen LogP contribution in [0.2, 0.25) is 0 Å². The van der Waals surface area contributed by atoms with Gasteiger partial charge in [0.2, 0.25) is 5.91 Å². The normalized spacial score (nSPS) is 18.6. The van der Waals surface area contributed by atoms with E-state index in [1.807, 2.05) is 14.1 Å². The van der Waals surface area contributed by atoms with Crippen LogP contribution in [-0.4, -0.2) is 30.9 Å². The van der Waals surface area contributed by atoms with Crippen LogP contribution < -0.4 is 5.32 Å². The Labute approximate surface area is 109 Å². The first-order valence-corrected chi connectivity index (χ1v) is 6.55. The number of nitrogens with one attached hydrogen (secondary N) is 1. The van der Waals surface area contributed by atoms with Gasteiger partial charge in [-0.25, -0.2) is 0 Å². The van der Waals surface area contributed by atoms with Gasteiger partial charge in [0.1, 0.15) is 0 Å². The average Bonchev–Trinajstić information content (AvgIpc) is 2.36. The minimum absolute atomic E-state index is 0.0742. The predicted molar refractivity (Wildman–Crippen MR) is 73.6 cm³/mol. The molecule has 1 aliphatic rings. The molecule has 2 rings (SSSR count). The van der Waals surface area contributed by atoms with Crippen molar-refractivity contribution in [3.63, 3.8) is 0 Å². The zero-order valence-electron chi connectivity index (χ0n) is 11.7. The minimum atomic E-state index is -0.0742. The molecule has 3 nitrogen and oxygen atoms in total. The van der Waals surface area contributed by atoms with E-state index < -0.39 is 0 Å². The van der Waals surface area contributed by atoms with Gasteiger partial charge >= 0.3 is 0 Å². The summed E-state index contributed by atoms with van der Waals surface area (Å²) in [4.78, 5) is 13.7. The third kappa shape index (κ3) is 2.56. The van der Waals surface area contributed by atoms with Gasteiger partial charge in [-0.1, -0.05) is 32.0 Å². The SMILES string of the molecule is CC(C)c1ccc2c(c1)CC(C(=O)N(C)C)NC2. The summed E-state index contributed by atoms with van der Waals surface area (Å²) < 4.78 is 0. The summed E-state index contributed by atoms with van der Waals surface area (Å²) in [6.07, 6.45) is 0.799. The molecule has 0 radical (unpaired) electrons. The largest absolute Gasteiger partial charge is 0.347 e. The summed E-state index contributed by atoms with van der Waals surface area (Å²) in [5, 5.41) is 3.31. The van der Waals surface area contributed by atoms with E-state index in [9.17, 15) is 4.79 Å². The molecule has 1 aromatic carbocycles. The summed E-state index contributed by atoms with van der Waals surface area (Å²) in [6, 6.07) is 6.57. The average molecular weight is 246 g/mol. The molecule has 18 heavy (non-hydrogen) atoms. The fraction of sp³-hybridized carbons (Fsp3) is 0.533. The molecule has 0 aliphatic carbocycles. The highest BCUT2D eigenvalue weighted by atomic mass is 16.2. The molecule has 1 heterocycles. The van der Waals surface area contributed by atoms with Crippen LogP contribution in [0, 0.1) is 0 Å². The lowest BCUT2D eigenvalue weighted by atomic mass is 9.91. The van der Waals surface area contributed by atoms with Gasteiger partial charge in [0.05, 0.1) is 6.04 Å². The van der Waals surface area contributed by atoms with Crippen molar-refractivity contribution in [3.8, 4) is 0 Å². The summed E-state index contributed by atoms with van der Waals surface area (Å²) in [5.74, 6) is 0.698. The zero-order valence-corrected chi connectivity index (χ0v) is 11.7. The van der Waals surface area contributed by atoms with Crippen LogP contribution in [-0.2, 0) is 17.8 Å². The zero-order chi connectivity index (χ0) is 13.3. The Morgan fingerprint density at radius 1 is 1.33 bits per heavy atom. The second kappa shape index (κ2) is 5.11. The van der Waals surface area contributed by atoms with Gasteiger partial charge in [0.25, 0.3) is 0 Å². The van der Waals surface area contributed by atoms with E-state index >= 15 is 0 Å². The van der Waals surface area contributed by atoms with Crippen molar-refractivity contribution in [1.29, 1.82) is 0 Å². The number of amides is 1. The quantitative estimate of drug-likeness (QED) is 0.864. The van der Waals surface area contributed by atoms with E-state index in [1.54, 1.807) is 4.90 Å². The van der Waals surface area contributed by atoms with Crippen molar-refractivity contribution in [3.05, 3.63) is 34.9 Å². The summed E-state index contributed by atoms with van der Waals surface area (Å²) in [7, 11) is 3.62. The molecule has 0 bridgehead atoms. The van der Waals surface area contributed by atoms with Crippen molar-refractivity contribution < 1.29 is 4.79 Å². The van der Waals surface area contributed by atoms with Gasteiger partial charge in [0.15, 0.2) is 0 Å². The van der Waals surface area contributed by atoms with Crippen molar-refractivity contribution in [2.75, 3.05) is 14.1 Å². The molecule has 0 saturated carbocycles. The van der Waals surface area contributed by atoms with Crippen LogP contribution in [0.3, 0.4) is 0 Å². The lowest BCUT2D eigenvalue weighted by molar-refractivity contribution is -0.131. The molecule has 1 atom stereocenters. The molecule has 1 N–H and O–H groups in total. The molecule has 0 fully saturated rings. The third-order valence-electron chi connectivity index (χ3n) is 3.60. The maximum absolute atomic E-state index is 12.0. The van der Waals surface area contributed by atoms with Gasteiger partial charge in [0, 0.05) is 20.6 Å². The highest BCUT2D eigenvalue weighted by Crippen LogP contribution is 2.23. The van der Waals surface area contributed by atoms with Gasteiger partial charge in [-0.15, -0.1) is 0 Å². The first-order valence-electron chi connectivity index (χ1n) is 6.55. The van der Waals surface area contributed by atoms with Gasteiger partial charge < -0.3 is 10.2 Å². The first kappa shape index (κ1) is 13.1. The number of benzene rings is 1. The number of fused-ring (bicyclic) bond motifs is 1. The van der Waals surface area contributed by atoms with Gasteiger partial charge in [-0.2, -0.15) is 0 Å². The second-order valence-corrected chi connectivity index (χ2v) is 5.55. The first-order chi connectivity index (χ1) is 8.49. The Morgan fingerprint density at radius 3 is 2.67 bits per heavy atom. The topological polar surface area (TPSA) is 32.3 Å². The van der Waals surface area contributed by atoms with E-state index in [0.717, 1.165) is 13.0 Å². The molecule has 0 saturated heterocycles. The molecule has 3 heteroatoms. The van der Waals surface area contributed by atoms with Crippen LogP contribution in [0.25, 0.3) is 0 Å². The molecule has 1 unspecified atom stereocenters. The smallest absolute Gasteiger partial charge is 0.239 e. The molecule has 1 amide bonds. The molecule has 0 spiro atoms. The van der Waals surface area contributed by atoms with Gasteiger partial charge in [-0.3, -0.25) is 4.79 Å². The summed E-state index contributed by atoms with van der Waals surface area (Å²) >= 11 is 0. The van der Waals surface area contributed by atoms with Crippen LogP contribution in [0.4, 0.5) is 0 Å². The van der Waals surface area contributed by atoms with Crippen molar-refractivity contribution in [1.82, 2.24) is 10.2 Å². The second-order valence-electron chi connectivity index (χ2n) is 5.55. The monoisotopic (exact) mass is 246 g/mol. The highest BCUT2D eigenvalue weighted by molar-refractivity contribution is 5.82. The lowest BCUT2D eigenvalue weighted by Crippen LogP contribution is -2.47. The van der Waals surface area contributed by atoms with E-state index in [-0.39, 0.29) is 11.9 Å². The van der Waals surface area contributed by atoms with Crippen molar-refractivity contribution in [2.24, 2.45) is 0 Å². The number of likely N-dealkylation sites (N-methyl/N-ethyl adjacent to an activating group) is 1. The van der Waals surface area contributed by atoms with E-state index in [1.165, 1.54) is 16.7 Å². The molecule has 98 valence electrons. The number of rotatable bonds is 2. The molecular formula is C15H22N2O. The fourth-order valence-corrected chi connectivity index (χ4v) is 2.38. The van der Waals surface area contributed by atoms with Crippen LogP contribution in [0.1, 0.15) is 36.5 Å². The number of carbonyl (C=O) groups excluding carboxylic acids is 1. The van der Waals surface area contributed by atoms with Gasteiger partial charge in [-0.05, 0) is 29.0 Å². The maximum Gasteiger partial charge on any atom is 0.239 e. The van der Waals surface area contributed by atoms with E-state index in [0.29, 0.717) is 5.92 Å². The summed E-state index contributed by atoms with van der Waals surface area (Å²) in [5.41, 5.74) is 3.99. The Kier molecular flexibility index (Phi) is 3.71. The van der Waals surface area contributed by atoms with Crippen molar-refractivity contribution in [2.45, 2.75) is 38.8 Å². The van der Waals surface area contributed by atoms with Crippen LogP contribution in [0.5, 0.6) is 0 Å². The van der Waals surface area contributed by atoms with E-state index in [2.05, 4.69) is 37.4 Å². The molecule has 1 aromatic rings. The predicted octanol–water partition coefficient (Wildman–Crippen LogP) is 1.91. The number of carbonyl (C=O) groups is 1.